The van der Waals surface area contributed by atoms with Gasteiger partial charge in [-0.15, -0.1) is 0 Å². The fourth-order valence-corrected chi connectivity index (χ4v) is 2.51. The summed E-state index contributed by atoms with van der Waals surface area (Å²) >= 11 is 0. The summed E-state index contributed by atoms with van der Waals surface area (Å²) in [5.41, 5.74) is 0.456. The first-order chi connectivity index (χ1) is 15.3. The highest BCUT2D eigenvalue weighted by Gasteiger charge is 2.14. The van der Waals surface area contributed by atoms with E-state index in [1.165, 1.54) is 36.4 Å². The van der Waals surface area contributed by atoms with Crippen LogP contribution in [0.1, 0.15) is 24.2 Å². The molecule has 32 heavy (non-hydrogen) atoms. The number of nitro benzene ring substituents is 1. The lowest BCUT2D eigenvalue weighted by molar-refractivity contribution is -0.384. The zero-order valence-electron chi connectivity index (χ0n) is 17.6. The van der Waals surface area contributed by atoms with E-state index in [-0.39, 0.29) is 11.3 Å². The first-order valence-corrected chi connectivity index (χ1v) is 9.71. The largest absolute Gasteiger partial charge is 0.490 e. The van der Waals surface area contributed by atoms with Crippen molar-refractivity contribution in [1.29, 1.82) is 0 Å². The van der Waals surface area contributed by atoms with Crippen molar-refractivity contribution < 1.29 is 33.5 Å². The molecule has 0 saturated carbocycles. The molecular formula is C21H23N3O8. The number of carbonyl (C=O) groups is 3. The Morgan fingerprint density at radius 2 is 1.62 bits per heavy atom. The van der Waals surface area contributed by atoms with Crippen molar-refractivity contribution >= 4 is 29.2 Å². The van der Waals surface area contributed by atoms with Crippen LogP contribution in [0.5, 0.6) is 11.5 Å². The molecule has 170 valence electrons. The van der Waals surface area contributed by atoms with Gasteiger partial charge in [0.15, 0.2) is 18.1 Å². The maximum absolute atomic E-state index is 12.3. The lowest BCUT2D eigenvalue weighted by atomic mass is 10.2. The van der Waals surface area contributed by atoms with Crippen molar-refractivity contribution in [2.24, 2.45) is 0 Å². The predicted molar refractivity (Wildman–Crippen MR) is 114 cm³/mol. The van der Waals surface area contributed by atoms with Gasteiger partial charge in [0, 0.05) is 23.4 Å². The Morgan fingerprint density at radius 3 is 2.25 bits per heavy atom. The average Bonchev–Trinajstić information content (AvgIpc) is 2.78. The SMILES string of the molecule is CCOc1ccc(C(=O)NCC(=O)OCC(=O)Nc2ccc([N+](=O)[O-])cc2)cc1OCC. The van der Waals surface area contributed by atoms with Crippen molar-refractivity contribution in [3.8, 4) is 11.5 Å². The Kier molecular flexibility index (Phi) is 8.96. The second kappa shape index (κ2) is 11.9. The molecule has 0 aliphatic carbocycles. The number of hydrogen-bond donors (Lipinski definition) is 2. The number of carbonyl (C=O) groups excluding carboxylic acids is 3. The van der Waals surface area contributed by atoms with Crippen molar-refractivity contribution in [3.63, 3.8) is 0 Å². The Morgan fingerprint density at radius 1 is 0.969 bits per heavy atom. The molecule has 11 heteroatoms. The topological polar surface area (TPSA) is 146 Å². The smallest absolute Gasteiger partial charge is 0.325 e. The number of amides is 2. The predicted octanol–water partition coefficient (Wildman–Crippen LogP) is 2.30. The van der Waals surface area contributed by atoms with Gasteiger partial charge in [-0.25, -0.2) is 0 Å². The molecule has 0 fully saturated rings. The van der Waals surface area contributed by atoms with E-state index in [0.29, 0.717) is 30.4 Å². The van der Waals surface area contributed by atoms with Gasteiger partial charge in [0.2, 0.25) is 0 Å². The highest BCUT2D eigenvalue weighted by atomic mass is 16.6. The van der Waals surface area contributed by atoms with Crippen LogP contribution in [0.3, 0.4) is 0 Å². The minimum atomic E-state index is -0.812. The van der Waals surface area contributed by atoms with Crippen molar-refractivity contribution in [3.05, 3.63) is 58.1 Å². The Labute approximate surface area is 183 Å². The highest BCUT2D eigenvalue weighted by molar-refractivity contribution is 5.97. The number of non-ortho nitro benzene ring substituents is 1. The Hall–Kier alpha value is -4.15. The number of nitrogens with zero attached hydrogens (tertiary/aromatic N) is 1. The third kappa shape index (κ3) is 7.27. The van der Waals surface area contributed by atoms with Crippen molar-refractivity contribution in [2.75, 3.05) is 31.7 Å². The van der Waals surface area contributed by atoms with Crippen LogP contribution < -0.4 is 20.1 Å². The molecule has 0 radical (unpaired) electrons. The monoisotopic (exact) mass is 445 g/mol. The fraction of sp³-hybridized carbons (Fsp3) is 0.286. The van der Waals surface area contributed by atoms with E-state index < -0.39 is 35.9 Å². The van der Waals surface area contributed by atoms with Gasteiger partial charge in [-0.2, -0.15) is 0 Å². The molecule has 0 aromatic heterocycles. The van der Waals surface area contributed by atoms with Crippen molar-refractivity contribution in [1.82, 2.24) is 5.32 Å². The van der Waals surface area contributed by atoms with E-state index in [9.17, 15) is 24.5 Å². The van der Waals surface area contributed by atoms with Gasteiger partial charge >= 0.3 is 5.97 Å². The van der Waals surface area contributed by atoms with E-state index in [4.69, 9.17) is 14.2 Å². The number of ether oxygens (including phenoxy) is 3. The Balaban J connectivity index is 1.80. The molecule has 0 spiro atoms. The van der Waals surface area contributed by atoms with Crippen LogP contribution in [-0.2, 0) is 14.3 Å². The van der Waals surface area contributed by atoms with Gasteiger partial charge in [0.1, 0.15) is 6.54 Å². The number of rotatable bonds is 11. The summed E-state index contributed by atoms with van der Waals surface area (Å²) in [4.78, 5) is 46.0. The lowest BCUT2D eigenvalue weighted by Crippen LogP contribution is -2.32. The van der Waals surface area contributed by atoms with Gasteiger partial charge in [0.25, 0.3) is 17.5 Å². The van der Waals surface area contributed by atoms with Crippen LogP contribution in [-0.4, -0.2) is 49.1 Å². The van der Waals surface area contributed by atoms with Gasteiger partial charge in [0.05, 0.1) is 18.1 Å². The molecule has 2 N–H and O–H groups in total. The summed E-state index contributed by atoms with van der Waals surface area (Å²) in [6, 6.07) is 9.81. The van der Waals surface area contributed by atoms with E-state index in [1.807, 2.05) is 6.92 Å². The van der Waals surface area contributed by atoms with E-state index in [0.717, 1.165) is 0 Å². The van der Waals surface area contributed by atoms with Gasteiger partial charge in [-0.05, 0) is 44.2 Å². The molecule has 11 nitrogen and oxygen atoms in total. The maximum Gasteiger partial charge on any atom is 0.325 e. The van der Waals surface area contributed by atoms with Gasteiger partial charge in [-0.3, -0.25) is 24.5 Å². The maximum atomic E-state index is 12.3. The zero-order chi connectivity index (χ0) is 23.5. The molecule has 0 saturated heterocycles. The molecule has 2 aromatic rings. The van der Waals surface area contributed by atoms with E-state index >= 15 is 0 Å². The molecule has 2 amide bonds. The molecule has 0 unspecified atom stereocenters. The molecule has 2 rings (SSSR count). The zero-order valence-corrected chi connectivity index (χ0v) is 17.6. The van der Waals surface area contributed by atoms with E-state index in [1.54, 1.807) is 13.0 Å². The molecule has 2 aromatic carbocycles. The minimum absolute atomic E-state index is 0.119. The van der Waals surface area contributed by atoms with Crippen molar-refractivity contribution in [2.45, 2.75) is 13.8 Å². The molecule has 0 aliphatic heterocycles. The molecule has 0 heterocycles. The quantitative estimate of drug-likeness (QED) is 0.304. The minimum Gasteiger partial charge on any atom is -0.490 e. The second-order valence-electron chi connectivity index (χ2n) is 6.22. The number of benzene rings is 2. The van der Waals surface area contributed by atoms with Gasteiger partial charge in [-0.1, -0.05) is 0 Å². The number of nitro groups is 1. The molecule has 0 aliphatic rings. The first-order valence-electron chi connectivity index (χ1n) is 9.71. The van der Waals surface area contributed by atoms with E-state index in [2.05, 4.69) is 10.6 Å². The van der Waals surface area contributed by atoms with Crippen LogP contribution in [0, 0.1) is 10.1 Å². The molecule has 0 bridgehead atoms. The third-order valence-corrected chi connectivity index (χ3v) is 3.92. The van der Waals surface area contributed by atoms with Crippen LogP contribution >= 0.6 is 0 Å². The third-order valence-electron chi connectivity index (χ3n) is 3.92. The Bertz CT molecular complexity index is 976. The summed E-state index contributed by atoms with van der Waals surface area (Å²) in [5.74, 6) is -1.06. The lowest BCUT2D eigenvalue weighted by Gasteiger charge is -2.12. The number of hydrogen-bond acceptors (Lipinski definition) is 8. The standard InChI is InChI=1S/C21H23N3O8/c1-3-30-17-10-5-14(11-18(17)31-4-2)21(27)22-12-20(26)32-13-19(25)23-15-6-8-16(9-7-15)24(28)29/h5-11H,3-4,12-13H2,1-2H3,(H,22,27)(H,23,25). The number of esters is 1. The van der Waals surface area contributed by atoms with Gasteiger partial charge < -0.3 is 24.8 Å². The summed E-state index contributed by atoms with van der Waals surface area (Å²) in [6.07, 6.45) is 0. The normalized spacial score (nSPS) is 10.1. The second-order valence-corrected chi connectivity index (χ2v) is 6.22. The summed E-state index contributed by atoms with van der Waals surface area (Å²) < 4.78 is 15.7. The summed E-state index contributed by atoms with van der Waals surface area (Å²) in [7, 11) is 0. The average molecular weight is 445 g/mol. The van der Waals surface area contributed by atoms with Crippen LogP contribution in [0.4, 0.5) is 11.4 Å². The highest BCUT2D eigenvalue weighted by Crippen LogP contribution is 2.28. The fourth-order valence-electron chi connectivity index (χ4n) is 2.51. The van der Waals surface area contributed by atoms with Crippen LogP contribution in [0.25, 0.3) is 0 Å². The first kappa shape index (κ1) is 24.1. The summed E-state index contributed by atoms with van der Waals surface area (Å²) in [6.45, 7) is 3.43. The molecule has 0 atom stereocenters. The number of nitrogens with one attached hydrogen (secondary N) is 2. The number of anilines is 1. The molecular weight excluding hydrogens is 422 g/mol. The van der Waals surface area contributed by atoms with Crippen LogP contribution in [0.15, 0.2) is 42.5 Å². The van der Waals surface area contributed by atoms with Crippen LogP contribution in [0.2, 0.25) is 0 Å². The summed E-state index contributed by atoms with van der Waals surface area (Å²) in [5, 5.41) is 15.5.